The summed E-state index contributed by atoms with van der Waals surface area (Å²) < 4.78 is 11.3. The number of benzene rings is 1. The molecule has 1 aliphatic carbocycles. The highest BCUT2D eigenvalue weighted by atomic mass is 35.5. The SMILES string of the molecule is CC1(O)CC(N2C(=O)OCc3cc(OCCN4CCC5(CC4)C(=O)Nc4ccc(Cl)cc45)cnc32)C1. The lowest BCUT2D eigenvalue weighted by atomic mass is 9.73. The van der Waals surface area contributed by atoms with E-state index in [1.807, 2.05) is 18.2 Å². The molecule has 2 N–H and O–H groups in total. The number of carbonyl (C=O) groups excluding carboxylic acids is 2. The number of pyridine rings is 1. The lowest BCUT2D eigenvalue weighted by molar-refractivity contribution is -0.122. The fraction of sp³-hybridized carbons (Fsp3) is 0.500. The van der Waals surface area contributed by atoms with Crippen molar-refractivity contribution in [3.8, 4) is 5.75 Å². The number of cyclic esters (lactones) is 1. The highest BCUT2D eigenvalue weighted by molar-refractivity contribution is 6.31. The summed E-state index contributed by atoms with van der Waals surface area (Å²) in [7, 11) is 0. The third kappa shape index (κ3) is 3.99. The highest BCUT2D eigenvalue weighted by Gasteiger charge is 2.49. The smallest absolute Gasteiger partial charge is 0.416 e. The van der Waals surface area contributed by atoms with Gasteiger partial charge in [0.1, 0.15) is 24.8 Å². The number of hydrogen-bond acceptors (Lipinski definition) is 7. The van der Waals surface area contributed by atoms with Crippen molar-refractivity contribution in [2.24, 2.45) is 0 Å². The predicted octanol–water partition coefficient (Wildman–Crippen LogP) is 3.47. The second-order valence-electron chi connectivity index (χ2n) is 10.6. The summed E-state index contributed by atoms with van der Waals surface area (Å²) in [5, 5.41) is 13.7. The monoisotopic (exact) mass is 512 g/mol. The fourth-order valence-electron chi connectivity index (χ4n) is 5.97. The van der Waals surface area contributed by atoms with Crippen molar-refractivity contribution in [2.45, 2.75) is 56.3 Å². The Kier molecular flexibility index (Phi) is 5.62. The van der Waals surface area contributed by atoms with Gasteiger partial charge in [-0.2, -0.15) is 0 Å². The molecule has 3 aliphatic heterocycles. The summed E-state index contributed by atoms with van der Waals surface area (Å²) in [6.45, 7) is 4.72. The number of halogens is 1. The van der Waals surface area contributed by atoms with Gasteiger partial charge in [-0.15, -0.1) is 0 Å². The molecular weight excluding hydrogens is 484 g/mol. The van der Waals surface area contributed by atoms with Gasteiger partial charge in [0.05, 0.1) is 17.2 Å². The summed E-state index contributed by atoms with van der Waals surface area (Å²) in [5.41, 5.74) is 1.42. The van der Waals surface area contributed by atoms with Crippen LogP contribution in [0.2, 0.25) is 5.02 Å². The molecule has 36 heavy (non-hydrogen) atoms. The van der Waals surface area contributed by atoms with Crippen LogP contribution in [0.5, 0.6) is 5.75 Å². The molecule has 10 heteroatoms. The standard InChI is InChI=1S/C26H29ClN4O5/c1-25(34)12-18(13-25)31-22-16(15-36-24(31)33)10-19(14-28-22)35-9-8-30-6-4-26(5-7-30)20-11-17(27)2-3-21(20)29-23(26)32/h2-3,10-11,14,18,34H,4-9,12-13,15H2,1H3,(H,29,32). The van der Waals surface area contributed by atoms with Gasteiger partial charge in [0.2, 0.25) is 5.91 Å². The Balaban J connectivity index is 1.05. The zero-order chi connectivity index (χ0) is 25.1. The van der Waals surface area contributed by atoms with Gasteiger partial charge in [-0.25, -0.2) is 9.78 Å². The molecular formula is C26H29ClN4O5. The molecule has 1 spiro atoms. The molecule has 1 saturated carbocycles. The number of amides is 2. The van der Waals surface area contributed by atoms with E-state index in [-0.39, 0.29) is 18.6 Å². The van der Waals surface area contributed by atoms with Crippen LogP contribution in [0.3, 0.4) is 0 Å². The molecule has 1 aromatic carbocycles. The normalized spacial score (nSPS) is 26.6. The molecule has 2 amide bonds. The number of piperidine rings is 1. The first-order chi connectivity index (χ1) is 17.2. The Morgan fingerprint density at radius 1 is 1.25 bits per heavy atom. The fourth-order valence-corrected chi connectivity index (χ4v) is 6.14. The predicted molar refractivity (Wildman–Crippen MR) is 133 cm³/mol. The van der Waals surface area contributed by atoms with E-state index < -0.39 is 17.1 Å². The van der Waals surface area contributed by atoms with Gasteiger partial charge in [0.25, 0.3) is 0 Å². The van der Waals surface area contributed by atoms with E-state index in [0.717, 1.165) is 49.3 Å². The lowest BCUT2D eigenvalue weighted by Gasteiger charge is -2.46. The Morgan fingerprint density at radius 3 is 2.78 bits per heavy atom. The van der Waals surface area contributed by atoms with Crippen LogP contribution in [0.25, 0.3) is 0 Å². The second kappa shape index (κ2) is 8.61. The molecule has 1 aromatic heterocycles. The number of nitrogens with one attached hydrogen (secondary N) is 1. The minimum atomic E-state index is -0.752. The first kappa shape index (κ1) is 23.5. The van der Waals surface area contributed by atoms with E-state index in [1.165, 1.54) is 0 Å². The number of aromatic nitrogens is 1. The summed E-state index contributed by atoms with van der Waals surface area (Å²) in [4.78, 5) is 33.5. The first-order valence-electron chi connectivity index (χ1n) is 12.4. The van der Waals surface area contributed by atoms with E-state index in [1.54, 1.807) is 24.1 Å². The Hall–Kier alpha value is -2.88. The third-order valence-electron chi connectivity index (χ3n) is 7.98. The van der Waals surface area contributed by atoms with Gasteiger partial charge in [-0.3, -0.25) is 14.6 Å². The van der Waals surface area contributed by atoms with E-state index in [9.17, 15) is 14.7 Å². The lowest BCUT2D eigenvalue weighted by Crippen LogP contribution is -2.57. The zero-order valence-electron chi connectivity index (χ0n) is 20.1. The molecule has 0 unspecified atom stereocenters. The van der Waals surface area contributed by atoms with Crippen molar-refractivity contribution in [1.29, 1.82) is 0 Å². The third-order valence-corrected chi connectivity index (χ3v) is 8.21. The molecule has 190 valence electrons. The molecule has 0 atom stereocenters. The number of likely N-dealkylation sites (tertiary alicyclic amines) is 1. The van der Waals surface area contributed by atoms with Crippen LogP contribution in [-0.4, -0.2) is 64.9 Å². The van der Waals surface area contributed by atoms with Crippen molar-refractivity contribution in [1.82, 2.24) is 9.88 Å². The number of hydrogen-bond donors (Lipinski definition) is 2. The summed E-state index contributed by atoms with van der Waals surface area (Å²) >= 11 is 6.22. The van der Waals surface area contributed by atoms with Gasteiger partial charge >= 0.3 is 6.09 Å². The molecule has 4 heterocycles. The number of carbonyl (C=O) groups is 2. The average Bonchev–Trinajstić information content (AvgIpc) is 3.09. The van der Waals surface area contributed by atoms with Crippen LogP contribution in [0.15, 0.2) is 30.5 Å². The molecule has 4 aliphatic rings. The van der Waals surface area contributed by atoms with Crippen LogP contribution < -0.4 is 15.0 Å². The van der Waals surface area contributed by atoms with Crippen LogP contribution >= 0.6 is 11.6 Å². The summed E-state index contributed by atoms with van der Waals surface area (Å²) in [6.07, 6.45) is 3.69. The number of aliphatic hydroxyl groups is 1. The quantitative estimate of drug-likeness (QED) is 0.632. The summed E-state index contributed by atoms with van der Waals surface area (Å²) in [5.74, 6) is 1.27. The maximum absolute atomic E-state index is 12.8. The summed E-state index contributed by atoms with van der Waals surface area (Å²) in [6, 6.07) is 7.36. The van der Waals surface area contributed by atoms with Crippen LogP contribution in [0, 0.1) is 0 Å². The topological polar surface area (TPSA) is 104 Å². The minimum Gasteiger partial charge on any atom is -0.491 e. The van der Waals surface area contributed by atoms with Crippen molar-refractivity contribution in [3.05, 3.63) is 46.6 Å². The Bertz CT molecular complexity index is 1220. The molecule has 0 radical (unpaired) electrons. The maximum atomic E-state index is 12.8. The average molecular weight is 513 g/mol. The number of rotatable bonds is 5. The molecule has 6 rings (SSSR count). The maximum Gasteiger partial charge on any atom is 0.416 e. The number of nitrogens with zero attached hydrogens (tertiary/aromatic N) is 3. The molecule has 9 nitrogen and oxygen atoms in total. The Labute approximate surface area is 214 Å². The molecule has 2 aromatic rings. The van der Waals surface area contributed by atoms with Crippen molar-refractivity contribution >= 4 is 35.1 Å². The highest BCUT2D eigenvalue weighted by Crippen LogP contribution is 2.46. The molecule has 0 bridgehead atoms. The minimum absolute atomic E-state index is 0.0658. The van der Waals surface area contributed by atoms with E-state index in [4.69, 9.17) is 21.1 Å². The van der Waals surface area contributed by atoms with Crippen molar-refractivity contribution in [2.75, 3.05) is 36.5 Å². The Morgan fingerprint density at radius 2 is 2.03 bits per heavy atom. The van der Waals surface area contributed by atoms with E-state index in [2.05, 4.69) is 15.2 Å². The van der Waals surface area contributed by atoms with Crippen LogP contribution in [0.1, 0.15) is 43.7 Å². The molecule has 1 saturated heterocycles. The number of fused-ring (bicyclic) bond motifs is 3. The van der Waals surface area contributed by atoms with E-state index in [0.29, 0.717) is 36.0 Å². The van der Waals surface area contributed by atoms with Gasteiger partial charge < -0.3 is 19.9 Å². The largest absolute Gasteiger partial charge is 0.491 e. The zero-order valence-corrected chi connectivity index (χ0v) is 20.9. The number of ether oxygens (including phenoxy) is 2. The van der Waals surface area contributed by atoms with Crippen molar-refractivity contribution < 1.29 is 24.2 Å². The van der Waals surface area contributed by atoms with E-state index >= 15 is 0 Å². The second-order valence-corrected chi connectivity index (χ2v) is 11.0. The number of anilines is 2. The van der Waals surface area contributed by atoms with Gasteiger partial charge in [-0.05, 0) is 75.5 Å². The van der Waals surface area contributed by atoms with Gasteiger partial charge in [0.15, 0.2) is 0 Å². The van der Waals surface area contributed by atoms with Crippen molar-refractivity contribution in [3.63, 3.8) is 0 Å². The van der Waals surface area contributed by atoms with Gasteiger partial charge in [-0.1, -0.05) is 11.6 Å². The first-order valence-corrected chi connectivity index (χ1v) is 12.8. The van der Waals surface area contributed by atoms with Gasteiger partial charge in [0, 0.05) is 28.9 Å². The molecule has 2 fully saturated rings. The van der Waals surface area contributed by atoms with Crippen LogP contribution in [0.4, 0.5) is 16.3 Å². The van der Waals surface area contributed by atoms with Crippen LogP contribution in [-0.2, 0) is 21.6 Å².